The maximum absolute atomic E-state index is 12.0. The Morgan fingerprint density at radius 2 is 2.44 bits per heavy atom. The van der Waals surface area contributed by atoms with E-state index in [0.717, 1.165) is 12.8 Å². The second kappa shape index (κ2) is 4.15. The van der Waals surface area contributed by atoms with Gasteiger partial charge in [0.25, 0.3) is 5.91 Å². The molecule has 2 atom stereocenters. The molecule has 1 amide bonds. The maximum atomic E-state index is 12.0. The summed E-state index contributed by atoms with van der Waals surface area (Å²) in [6.07, 6.45) is 3.73. The van der Waals surface area contributed by atoms with E-state index in [1.165, 1.54) is 6.20 Å². The molecule has 0 radical (unpaired) electrons. The van der Waals surface area contributed by atoms with Crippen molar-refractivity contribution in [2.45, 2.75) is 39.3 Å². The average Bonchev–Trinajstić information content (AvgIpc) is 2.91. The van der Waals surface area contributed by atoms with Crippen LogP contribution in [0, 0.1) is 5.92 Å². The smallest absolute Gasteiger partial charge is 0.271 e. The normalized spacial score (nSPS) is 23.1. The van der Waals surface area contributed by atoms with Crippen LogP contribution >= 0.6 is 0 Å². The van der Waals surface area contributed by atoms with Crippen LogP contribution in [0.2, 0.25) is 0 Å². The first kappa shape index (κ1) is 11.0. The van der Waals surface area contributed by atoms with Crippen molar-refractivity contribution in [2.24, 2.45) is 5.92 Å². The highest BCUT2D eigenvalue weighted by atomic mass is 16.2. The third-order valence-electron chi connectivity index (χ3n) is 3.15. The van der Waals surface area contributed by atoms with E-state index in [0.29, 0.717) is 29.9 Å². The topological polar surface area (TPSA) is 72.9 Å². The summed E-state index contributed by atoms with van der Waals surface area (Å²) in [4.78, 5) is 12.0. The van der Waals surface area contributed by atoms with E-state index in [2.05, 4.69) is 17.3 Å². The summed E-state index contributed by atoms with van der Waals surface area (Å²) < 4.78 is 1.63. The highest BCUT2D eigenvalue weighted by molar-refractivity contribution is 5.97. The summed E-state index contributed by atoms with van der Waals surface area (Å²) in [5.74, 6) is 0.543. The third-order valence-corrected chi connectivity index (χ3v) is 3.15. The Hall–Kier alpha value is -1.52. The molecular formula is C11H18N4O. The number of rotatable bonds is 4. The standard InChI is InChI=1S/C11H18N4O/c1-3-7-5-9(7)14-11(16)10-8(12)6-13-15(10)4-2/h6-7,9H,3-5,12H2,1-2H3,(H,14,16). The van der Waals surface area contributed by atoms with Gasteiger partial charge in [-0.2, -0.15) is 5.10 Å². The Morgan fingerprint density at radius 1 is 1.69 bits per heavy atom. The van der Waals surface area contributed by atoms with E-state index in [-0.39, 0.29) is 5.91 Å². The van der Waals surface area contributed by atoms with E-state index >= 15 is 0 Å². The number of aromatic nitrogens is 2. The SMILES string of the molecule is CCC1CC1NC(=O)c1c(N)cnn1CC. The number of carbonyl (C=O) groups is 1. The first-order valence-electron chi connectivity index (χ1n) is 5.79. The van der Waals surface area contributed by atoms with Gasteiger partial charge in [0.2, 0.25) is 0 Å². The van der Waals surface area contributed by atoms with Crippen LogP contribution in [0.25, 0.3) is 0 Å². The Labute approximate surface area is 95.0 Å². The van der Waals surface area contributed by atoms with Gasteiger partial charge in [-0.3, -0.25) is 9.48 Å². The van der Waals surface area contributed by atoms with Gasteiger partial charge in [-0.1, -0.05) is 13.3 Å². The van der Waals surface area contributed by atoms with Crippen molar-refractivity contribution in [1.29, 1.82) is 0 Å². The molecule has 88 valence electrons. The van der Waals surface area contributed by atoms with E-state index < -0.39 is 0 Å². The van der Waals surface area contributed by atoms with E-state index in [9.17, 15) is 4.79 Å². The third kappa shape index (κ3) is 1.89. The molecule has 5 nitrogen and oxygen atoms in total. The fourth-order valence-electron chi connectivity index (χ4n) is 2.00. The Balaban J connectivity index is 2.06. The van der Waals surface area contributed by atoms with Gasteiger partial charge in [-0.15, -0.1) is 0 Å². The molecular weight excluding hydrogens is 204 g/mol. The number of amides is 1. The largest absolute Gasteiger partial charge is 0.396 e. The fourth-order valence-corrected chi connectivity index (χ4v) is 2.00. The zero-order valence-electron chi connectivity index (χ0n) is 9.73. The molecule has 16 heavy (non-hydrogen) atoms. The highest BCUT2D eigenvalue weighted by Gasteiger charge is 2.37. The number of anilines is 1. The molecule has 0 aliphatic heterocycles. The minimum Gasteiger partial charge on any atom is -0.396 e. The lowest BCUT2D eigenvalue weighted by Crippen LogP contribution is -2.29. The van der Waals surface area contributed by atoms with Gasteiger partial charge in [0.1, 0.15) is 5.69 Å². The number of nitrogens with one attached hydrogen (secondary N) is 1. The van der Waals surface area contributed by atoms with Gasteiger partial charge in [0, 0.05) is 12.6 Å². The number of nitrogens with zero attached hydrogens (tertiary/aromatic N) is 2. The summed E-state index contributed by atoms with van der Waals surface area (Å²) in [6, 6.07) is 0.331. The molecule has 1 aromatic rings. The van der Waals surface area contributed by atoms with Crippen LogP contribution in [0.1, 0.15) is 37.2 Å². The van der Waals surface area contributed by atoms with E-state index in [4.69, 9.17) is 5.73 Å². The summed E-state index contributed by atoms with van der Waals surface area (Å²) in [7, 11) is 0. The van der Waals surface area contributed by atoms with Crippen molar-refractivity contribution in [2.75, 3.05) is 5.73 Å². The van der Waals surface area contributed by atoms with Gasteiger partial charge in [-0.25, -0.2) is 0 Å². The molecule has 0 bridgehead atoms. The summed E-state index contributed by atoms with van der Waals surface area (Å²) in [6.45, 7) is 4.73. The molecule has 1 saturated carbocycles. The monoisotopic (exact) mass is 222 g/mol. The zero-order valence-corrected chi connectivity index (χ0v) is 9.73. The van der Waals surface area contributed by atoms with Crippen molar-refractivity contribution >= 4 is 11.6 Å². The van der Waals surface area contributed by atoms with Crippen molar-refractivity contribution in [3.8, 4) is 0 Å². The second-order valence-electron chi connectivity index (χ2n) is 4.25. The summed E-state index contributed by atoms with van der Waals surface area (Å²) in [5, 5.41) is 7.05. The average molecular weight is 222 g/mol. The number of nitrogen functional groups attached to an aromatic ring is 1. The number of hydrogen-bond acceptors (Lipinski definition) is 3. The first-order chi connectivity index (χ1) is 7.67. The maximum Gasteiger partial charge on any atom is 0.271 e. The molecule has 5 heteroatoms. The van der Waals surface area contributed by atoms with Crippen LogP contribution in [0.15, 0.2) is 6.20 Å². The fraction of sp³-hybridized carbons (Fsp3) is 0.636. The number of aryl methyl sites for hydroxylation is 1. The molecule has 2 rings (SSSR count). The van der Waals surface area contributed by atoms with Crippen molar-refractivity contribution in [3.05, 3.63) is 11.9 Å². The summed E-state index contributed by atoms with van der Waals surface area (Å²) in [5.41, 5.74) is 6.68. The number of carbonyl (C=O) groups excluding carboxylic acids is 1. The minimum atomic E-state index is -0.0993. The molecule has 0 saturated heterocycles. The van der Waals surface area contributed by atoms with Crippen LogP contribution in [-0.4, -0.2) is 21.7 Å². The lowest BCUT2D eigenvalue weighted by atomic mass is 10.3. The predicted octanol–water partition coefficient (Wildman–Crippen LogP) is 1.01. The molecule has 1 aliphatic rings. The lowest BCUT2D eigenvalue weighted by Gasteiger charge is -2.07. The Bertz CT molecular complexity index is 399. The Kier molecular flexibility index (Phi) is 2.85. The number of nitrogens with two attached hydrogens (primary N) is 1. The zero-order chi connectivity index (χ0) is 11.7. The van der Waals surface area contributed by atoms with Gasteiger partial charge >= 0.3 is 0 Å². The van der Waals surface area contributed by atoms with Gasteiger partial charge in [-0.05, 0) is 19.3 Å². The molecule has 0 spiro atoms. The van der Waals surface area contributed by atoms with Crippen LogP contribution in [0.3, 0.4) is 0 Å². The van der Waals surface area contributed by atoms with Crippen molar-refractivity contribution in [3.63, 3.8) is 0 Å². The number of hydrogen-bond donors (Lipinski definition) is 2. The van der Waals surface area contributed by atoms with Crippen LogP contribution in [0.4, 0.5) is 5.69 Å². The predicted molar refractivity (Wildman–Crippen MR) is 62.0 cm³/mol. The first-order valence-corrected chi connectivity index (χ1v) is 5.79. The van der Waals surface area contributed by atoms with Crippen LogP contribution < -0.4 is 11.1 Å². The molecule has 3 N–H and O–H groups in total. The minimum absolute atomic E-state index is 0.0993. The highest BCUT2D eigenvalue weighted by Crippen LogP contribution is 2.33. The molecule has 1 heterocycles. The molecule has 2 unspecified atom stereocenters. The Morgan fingerprint density at radius 3 is 3.00 bits per heavy atom. The second-order valence-corrected chi connectivity index (χ2v) is 4.25. The van der Waals surface area contributed by atoms with E-state index in [1.54, 1.807) is 4.68 Å². The van der Waals surface area contributed by atoms with Crippen LogP contribution in [-0.2, 0) is 6.54 Å². The lowest BCUT2D eigenvalue weighted by molar-refractivity contribution is 0.0939. The molecule has 1 fully saturated rings. The van der Waals surface area contributed by atoms with Gasteiger partial charge < -0.3 is 11.1 Å². The molecule has 0 aromatic carbocycles. The summed E-state index contributed by atoms with van der Waals surface area (Å²) >= 11 is 0. The van der Waals surface area contributed by atoms with Gasteiger partial charge in [0.15, 0.2) is 0 Å². The quantitative estimate of drug-likeness (QED) is 0.798. The molecule has 1 aliphatic carbocycles. The van der Waals surface area contributed by atoms with Crippen LogP contribution in [0.5, 0.6) is 0 Å². The molecule has 1 aromatic heterocycles. The van der Waals surface area contributed by atoms with Gasteiger partial charge in [0.05, 0.1) is 11.9 Å². The van der Waals surface area contributed by atoms with Crippen molar-refractivity contribution in [1.82, 2.24) is 15.1 Å². The van der Waals surface area contributed by atoms with Crippen molar-refractivity contribution < 1.29 is 4.79 Å². The van der Waals surface area contributed by atoms with E-state index in [1.807, 2.05) is 6.92 Å².